The largest absolute Gasteiger partial charge is 0.491 e. The van der Waals surface area contributed by atoms with E-state index in [1.165, 1.54) is 0 Å². The number of hydrogen-bond donors (Lipinski definition) is 0. The van der Waals surface area contributed by atoms with E-state index >= 15 is 0 Å². The van der Waals surface area contributed by atoms with Crippen molar-refractivity contribution in [3.8, 4) is 5.75 Å². The molecule has 1 heterocycles. The van der Waals surface area contributed by atoms with Crippen LogP contribution >= 0.6 is 0 Å². The molecule has 5 nitrogen and oxygen atoms in total. The van der Waals surface area contributed by atoms with Gasteiger partial charge in [0.2, 0.25) is 10.0 Å². The Labute approximate surface area is 138 Å². The number of benzene rings is 1. The van der Waals surface area contributed by atoms with Gasteiger partial charge >= 0.3 is 0 Å². The molecule has 1 saturated heterocycles. The molecule has 6 heteroatoms. The van der Waals surface area contributed by atoms with Crippen molar-refractivity contribution < 1.29 is 17.9 Å². The number of hydrogen-bond acceptors (Lipinski definition) is 4. The number of ether oxygens (including phenoxy) is 2. The first kappa shape index (κ1) is 16.7. The maximum atomic E-state index is 13.0. The molecule has 0 spiro atoms. The second kappa shape index (κ2) is 6.79. The summed E-state index contributed by atoms with van der Waals surface area (Å²) in [6.07, 6.45) is 4.15. The summed E-state index contributed by atoms with van der Waals surface area (Å²) in [5, 5.41) is 0. The van der Waals surface area contributed by atoms with Crippen LogP contribution in [-0.2, 0) is 14.8 Å². The van der Waals surface area contributed by atoms with Gasteiger partial charge in [0.15, 0.2) is 0 Å². The zero-order valence-electron chi connectivity index (χ0n) is 13.8. The molecule has 3 rings (SSSR count). The smallest absolute Gasteiger partial charge is 0.243 e. The standard InChI is InChI=1S/C17H25NO4S/c1-13(2)22-14-7-9-15(10-8-14)23(19,20)18-11-12-21-17-6-4-3-5-16(17)18/h7-10,13,16-17H,3-6,11-12H2,1-2H3. The van der Waals surface area contributed by atoms with Crippen LogP contribution in [0.25, 0.3) is 0 Å². The maximum absolute atomic E-state index is 13.0. The zero-order valence-corrected chi connectivity index (χ0v) is 14.6. The SMILES string of the molecule is CC(C)Oc1ccc(S(=O)(=O)N2CCOC3CCCCC32)cc1. The lowest BCUT2D eigenvalue weighted by atomic mass is 9.91. The second-order valence-corrected chi connectivity index (χ2v) is 8.41. The molecule has 23 heavy (non-hydrogen) atoms. The van der Waals surface area contributed by atoms with Crippen LogP contribution in [0.3, 0.4) is 0 Å². The molecule has 0 amide bonds. The predicted octanol–water partition coefficient (Wildman–Crippen LogP) is 2.81. The average molecular weight is 339 g/mol. The molecular formula is C17H25NO4S. The van der Waals surface area contributed by atoms with E-state index in [4.69, 9.17) is 9.47 Å². The summed E-state index contributed by atoms with van der Waals surface area (Å²) in [6, 6.07) is 6.71. The Bertz CT molecular complexity index is 624. The number of morpholine rings is 1. The highest BCUT2D eigenvalue weighted by Gasteiger charge is 2.40. The summed E-state index contributed by atoms with van der Waals surface area (Å²) < 4.78 is 39.0. The summed E-state index contributed by atoms with van der Waals surface area (Å²) in [6.45, 7) is 4.81. The molecule has 2 fully saturated rings. The third-order valence-corrected chi connectivity index (χ3v) is 6.42. The number of nitrogens with zero attached hydrogens (tertiary/aromatic N) is 1. The first-order valence-corrected chi connectivity index (χ1v) is 9.82. The first-order chi connectivity index (χ1) is 11.0. The van der Waals surface area contributed by atoms with Crippen molar-refractivity contribution in [3.05, 3.63) is 24.3 Å². The van der Waals surface area contributed by atoms with Gasteiger partial charge in [0, 0.05) is 6.54 Å². The van der Waals surface area contributed by atoms with Gasteiger partial charge < -0.3 is 9.47 Å². The van der Waals surface area contributed by atoms with E-state index in [-0.39, 0.29) is 18.2 Å². The van der Waals surface area contributed by atoms with Crippen molar-refractivity contribution >= 4 is 10.0 Å². The first-order valence-electron chi connectivity index (χ1n) is 8.38. The van der Waals surface area contributed by atoms with Gasteiger partial charge in [0.05, 0.1) is 29.8 Å². The Balaban J connectivity index is 1.82. The molecule has 2 unspecified atom stereocenters. The van der Waals surface area contributed by atoms with Gasteiger partial charge in [0.1, 0.15) is 5.75 Å². The van der Waals surface area contributed by atoms with Crippen LogP contribution in [0, 0.1) is 0 Å². The molecule has 1 aromatic carbocycles. The quantitative estimate of drug-likeness (QED) is 0.846. The van der Waals surface area contributed by atoms with Crippen molar-refractivity contribution in [2.45, 2.75) is 62.7 Å². The van der Waals surface area contributed by atoms with Gasteiger partial charge in [-0.1, -0.05) is 12.8 Å². The van der Waals surface area contributed by atoms with E-state index in [1.807, 2.05) is 13.8 Å². The summed E-state index contributed by atoms with van der Waals surface area (Å²) >= 11 is 0. The van der Waals surface area contributed by atoms with Crippen LogP contribution in [0.2, 0.25) is 0 Å². The monoisotopic (exact) mass is 339 g/mol. The summed E-state index contributed by atoms with van der Waals surface area (Å²) in [4.78, 5) is 0.333. The minimum atomic E-state index is -3.48. The molecular weight excluding hydrogens is 314 g/mol. The maximum Gasteiger partial charge on any atom is 0.243 e. The van der Waals surface area contributed by atoms with Crippen LogP contribution in [0.1, 0.15) is 39.5 Å². The molecule has 0 N–H and O–H groups in total. The summed E-state index contributed by atoms with van der Waals surface area (Å²) in [5.41, 5.74) is 0. The fourth-order valence-corrected chi connectivity index (χ4v) is 5.12. The van der Waals surface area contributed by atoms with Gasteiger partial charge in [-0.05, 0) is 51.0 Å². The van der Waals surface area contributed by atoms with E-state index in [0.717, 1.165) is 25.7 Å². The minimum absolute atomic E-state index is 0.0194. The normalized spacial score (nSPS) is 26.0. The third-order valence-electron chi connectivity index (χ3n) is 4.48. The van der Waals surface area contributed by atoms with Gasteiger partial charge in [0.25, 0.3) is 0 Å². The zero-order chi connectivity index (χ0) is 16.4. The topological polar surface area (TPSA) is 55.8 Å². The van der Waals surface area contributed by atoms with Crippen LogP contribution in [0.5, 0.6) is 5.75 Å². The average Bonchev–Trinajstić information content (AvgIpc) is 2.54. The summed E-state index contributed by atoms with van der Waals surface area (Å²) in [5.74, 6) is 0.691. The van der Waals surface area contributed by atoms with Crippen LogP contribution in [-0.4, -0.2) is 44.1 Å². The van der Waals surface area contributed by atoms with Gasteiger partial charge in [-0.2, -0.15) is 4.31 Å². The Hall–Kier alpha value is -1.11. The van der Waals surface area contributed by atoms with Crippen molar-refractivity contribution in [2.24, 2.45) is 0 Å². The summed E-state index contributed by atoms with van der Waals surface area (Å²) in [7, 11) is -3.48. The lowest BCUT2D eigenvalue weighted by molar-refractivity contribution is -0.0586. The van der Waals surface area contributed by atoms with Crippen LogP contribution in [0.4, 0.5) is 0 Å². The molecule has 1 saturated carbocycles. The van der Waals surface area contributed by atoms with Crippen molar-refractivity contribution in [1.82, 2.24) is 4.31 Å². The molecule has 2 atom stereocenters. The second-order valence-electron chi connectivity index (χ2n) is 6.51. The Morgan fingerprint density at radius 3 is 2.57 bits per heavy atom. The molecule has 1 aliphatic carbocycles. The Morgan fingerprint density at radius 2 is 1.87 bits per heavy atom. The Morgan fingerprint density at radius 1 is 1.17 bits per heavy atom. The van der Waals surface area contributed by atoms with Crippen molar-refractivity contribution in [3.63, 3.8) is 0 Å². The molecule has 2 aliphatic rings. The van der Waals surface area contributed by atoms with Crippen molar-refractivity contribution in [1.29, 1.82) is 0 Å². The number of sulfonamides is 1. The highest BCUT2D eigenvalue weighted by molar-refractivity contribution is 7.89. The van der Waals surface area contributed by atoms with Gasteiger partial charge in [-0.15, -0.1) is 0 Å². The lowest BCUT2D eigenvalue weighted by Gasteiger charge is -2.42. The van der Waals surface area contributed by atoms with Crippen LogP contribution in [0.15, 0.2) is 29.2 Å². The highest BCUT2D eigenvalue weighted by Crippen LogP contribution is 2.32. The van der Waals surface area contributed by atoms with E-state index in [2.05, 4.69) is 0 Å². The number of rotatable bonds is 4. The highest BCUT2D eigenvalue weighted by atomic mass is 32.2. The van der Waals surface area contributed by atoms with E-state index < -0.39 is 10.0 Å². The van der Waals surface area contributed by atoms with Crippen molar-refractivity contribution in [2.75, 3.05) is 13.2 Å². The van der Waals surface area contributed by atoms with Crippen LogP contribution < -0.4 is 4.74 Å². The van der Waals surface area contributed by atoms with Gasteiger partial charge in [-0.3, -0.25) is 0 Å². The molecule has 0 aromatic heterocycles. The molecule has 1 aromatic rings. The fourth-order valence-electron chi connectivity index (χ4n) is 3.46. The van der Waals surface area contributed by atoms with E-state index in [9.17, 15) is 8.42 Å². The number of fused-ring (bicyclic) bond motifs is 1. The van der Waals surface area contributed by atoms with E-state index in [1.54, 1.807) is 28.6 Å². The molecule has 0 bridgehead atoms. The lowest BCUT2D eigenvalue weighted by Crippen LogP contribution is -2.54. The Kier molecular flexibility index (Phi) is 4.94. The fraction of sp³-hybridized carbons (Fsp3) is 0.647. The molecule has 128 valence electrons. The molecule has 0 radical (unpaired) electrons. The minimum Gasteiger partial charge on any atom is -0.491 e. The third kappa shape index (κ3) is 3.54. The van der Waals surface area contributed by atoms with E-state index in [0.29, 0.717) is 23.8 Å². The molecule has 1 aliphatic heterocycles. The van der Waals surface area contributed by atoms with Gasteiger partial charge in [-0.25, -0.2) is 8.42 Å². The predicted molar refractivity (Wildman–Crippen MR) is 88.1 cm³/mol.